The maximum absolute atomic E-state index is 12.6. The van der Waals surface area contributed by atoms with Crippen LogP contribution in [-0.2, 0) is 0 Å². The first-order valence-corrected chi connectivity index (χ1v) is 9.75. The van der Waals surface area contributed by atoms with Crippen molar-refractivity contribution >= 4 is 23.1 Å². The number of piperazine rings is 1. The first-order valence-electron chi connectivity index (χ1n) is 9.75. The van der Waals surface area contributed by atoms with Crippen molar-refractivity contribution in [1.82, 2.24) is 9.88 Å². The second-order valence-corrected chi connectivity index (χ2v) is 7.39. The molecule has 0 bridgehead atoms. The summed E-state index contributed by atoms with van der Waals surface area (Å²) in [6, 6.07) is 11.8. The average Bonchev–Trinajstić information content (AvgIpc) is 3.24. The Morgan fingerprint density at radius 2 is 1.63 bits per heavy atom. The number of anilines is 3. The van der Waals surface area contributed by atoms with E-state index < -0.39 is 0 Å². The van der Waals surface area contributed by atoms with Gasteiger partial charge in [0.1, 0.15) is 5.82 Å². The van der Waals surface area contributed by atoms with Crippen molar-refractivity contribution in [3.05, 3.63) is 48.2 Å². The maximum atomic E-state index is 12.6. The third kappa shape index (κ3) is 4.22. The number of hydrogen-bond acceptors (Lipinski definition) is 5. The zero-order valence-corrected chi connectivity index (χ0v) is 15.9. The summed E-state index contributed by atoms with van der Waals surface area (Å²) in [5.41, 5.74) is 2.67. The van der Waals surface area contributed by atoms with Gasteiger partial charge < -0.3 is 20.0 Å². The molecule has 2 aliphatic heterocycles. The number of aromatic nitrogens is 1. The van der Waals surface area contributed by atoms with Gasteiger partial charge >= 0.3 is 0 Å². The Morgan fingerprint density at radius 1 is 0.926 bits per heavy atom. The number of nitrogens with zero attached hydrogens (tertiary/aromatic N) is 4. The molecule has 1 aromatic heterocycles. The molecule has 1 aromatic carbocycles. The fraction of sp³-hybridized carbons (Fsp3) is 0.429. The molecular formula is C21H27N5O. The Hall–Kier alpha value is -2.60. The molecule has 3 heterocycles. The third-order valence-electron chi connectivity index (χ3n) is 5.43. The van der Waals surface area contributed by atoms with Gasteiger partial charge in [0.25, 0.3) is 5.91 Å². The highest BCUT2D eigenvalue weighted by Gasteiger charge is 2.16. The quantitative estimate of drug-likeness (QED) is 0.903. The predicted molar refractivity (Wildman–Crippen MR) is 110 cm³/mol. The number of amides is 1. The van der Waals surface area contributed by atoms with Gasteiger partial charge in [0.15, 0.2) is 0 Å². The number of pyridine rings is 1. The molecule has 1 amide bonds. The van der Waals surface area contributed by atoms with E-state index in [1.54, 1.807) is 12.3 Å². The van der Waals surface area contributed by atoms with Crippen LogP contribution in [0, 0.1) is 0 Å². The monoisotopic (exact) mass is 365 g/mol. The van der Waals surface area contributed by atoms with Crippen LogP contribution in [0.3, 0.4) is 0 Å². The molecule has 142 valence electrons. The molecule has 2 aromatic rings. The molecule has 4 rings (SSSR count). The van der Waals surface area contributed by atoms with Gasteiger partial charge in [0, 0.05) is 62.4 Å². The van der Waals surface area contributed by atoms with Crippen molar-refractivity contribution in [3.63, 3.8) is 0 Å². The molecule has 2 saturated heterocycles. The Bertz CT molecular complexity index is 777. The summed E-state index contributed by atoms with van der Waals surface area (Å²) in [4.78, 5) is 24.0. The molecule has 0 unspecified atom stereocenters. The Labute approximate surface area is 160 Å². The van der Waals surface area contributed by atoms with Gasteiger partial charge in [-0.3, -0.25) is 4.79 Å². The fourth-order valence-corrected chi connectivity index (χ4v) is 3.70. The summed E-state index contributed by atoms with van der Waals surface area (Å²) in [5, 5.41) is 3.00. The van der Waals surface area contributed by atoms with Gasteiger partial charge in [-0.25, -0.2) is 4.98 Å². The van der Waals surface area contributed by atoms with E-state index >= 15 is 0 Å². The number of carbonyl (C=O) groups is 1. The van der Waals surface area contributed by atoms with Crippen LogP contribution in [0.15, 0.2) is 42.6 Å². The zero-order valence-electron chi connectivity index (χ0n) is 15.9. The standard InChI is InChI=1S/C21H27N5O/c1-24-12-14-25(15-13-24)19-6-4-18(5-7-19)23-21(27)17-8-9-22-20(16-17)26-10-2-3-11-26/h4-9,16H,2-3,10-15H2,1H3,(H,23,27). The van der Waals surface area contributed by atoms with Crippen LogP contribution in [0.25, 0.3) is 0 Å². The lowest BCUT2D eigenvalue weighted by Crippen LogP contribution is -2.44. The number of carbonyl (C=O) groups excluding carboxylic acids is 1. The van der Waals surface area contributed by atoms with E-state index in [1.165, 1.54) is 18.5 Å². The van der Waals surface area contributed by atoms with E-state index in [2.05, 4.69) is 44.2 Å². The highest BCUT2D eigenvalue weighted by molar-refractivity contribution is 6.04. The van der Waals surface area contributed by atoms with Crippen LogP contribution in [0.2, 0.25) is 0 Å². The van der Waals surface area contributed by atoms with Gasteiger partial charge in [-0.15, -0.1) is 0 Å². The lowest BCUT2D eigenvalue weighted by atomic mass is 10.2. The van der Waals surface area contributed by atoms with E-state index in [1.807, 2.05) is 18.2 Å². The second kappa shape index (κ2) is 7.96. The molecule has 2 aliphatic rings. The Balaban J connectivity index is 1.40. The minimum Gasteiger partial charge on any atom is -0.369 e. The lowest BCUT2D eigenvalue weighted by molar-refractivity contribution is 0.102. The summed E-state index contributed by atoms with van der Waals surface area (Å²) in [7, 11) is 2.16. The van der Waals surface area contributed by atoms with Gasteiger partial charge in [-0.1, -0.05) is 0 Å². The van der Waals surface area contributed by atoms with E-state index in [0.29, 0.717) is 5.56 Å². The van der Waals surface area contributed by atoms with E-state index in [4.69, 9.17) is 0 Å². The van der Waals surface area contributed by atoms with Crippen LogP contribution in [0.1, 0.15) is 23.2 Å². The molecule has 1 N–H and O–H groups in total. The zero-order chi connectivity index (χ0) is 18.6. The normalized spacial score (nSPS) is 18.0. The van der Waals surface area contributed by atoms with E-state index in [0.717, 1.165) is 50.8 Å². The minimum atomic E-state index is -0.0924. The number of nitrogens with one attached hydrogen (secondary N) is 1. The first kappa shape index (κ1) is 17.8. The molecule has 0 atom stereocenters. The molecule has 0 radical (unpaired) electrons. The lowest BCUT2D eigenvalue weighted by Gasteiger charge is -2.34. The molecule has 6 nitrogen and oxygen atoms in total. The number of benzene rings is 1. The summed E-state index contributed by atoms with van der Waals surface area (Å²) in [5.74, 6) is 0.802. The summed E-state index contributed by atoms with van der Waals surface area (Å²) >= 11 is 0. The molecule has 0 saturated carbocycles. The SMILES string of the molecule is CN1CCN(c2ccc(NC(=O)c3ccnc(N4CCCC4)c3)cc2)CC1. The number of hydrogen-bond donors (Lipinski definition) is 1. The van der Waals surface area contributed by atoms with Gasteiger partial charge in [-0.05, 0) is 56.3 Å². The van der Waals surface area contributed by atoms with Gasteiger partial charge in [0.2, 0.25) is 0 Å². The molecule has 6 heteroatoms. The largest absolute Gasteiger partial charge is 0.369 e. The van der Waals surface area contributed by atoms with Crippen LogP contribution >= 0.6 is 0 Å². The highest BCUT2D eigenvalue weighted by atomic mass is 16.1. The van der Waals surface area contributed by atoms with Crippen molar-refractivity contribution in [2.24, 2.45) is 0 Å². The first-order chi connectivity index (χ1) is 13.2. The van der Waals surface area contributed by atoms with Gasteiger partial charge in [0.05, 0.1) is 0 Å². The second-order valence-electron chi connectivity index (χ2n) is 7.39. The Morgan fingerprint density at radius 3 is 2.33 bits per heavy atom. The van der Waals surface area contributed by atoms with Crippen LogP contribution < -0.4 is 15.1 Å². The number of likely N-dealkylation sites (N-methyl/N-ethyl adjacent to an activating group) is 1. The van der Waals surface area contributed by atoms with Crippen LogP contribution in [0.5, 0.6) is 0 Å². The smallest absolute Gasteiger partial charge is 0.255 e. The molecule has 0 spiro atoms. The van der Waals surface area contributed by atoms with Gasteiger partial charge in [-0.2, -0.15) is 0 Å². The van der Waals surface area contributed by atoms with Crippen molar-refractivity contribution in [3.8, 4) is 0 Å². The average molecular weight is 365 g/mol. The van der Waals surface area contributed by atoms with Crippen LogP contribution in [0.4, 0.5) is 17.2 Å². The molecule has 0 aliphatic carbocycles. The third-order valence-corrected chi connectivity index (χ3v) is 5.43. The summed E-state index contributed by atoms with van der Waals surface area (Å²) in [6.07, 6.45) is 4.11. The van der Waals surface area contributed by atoms with Crippen LogP contribution in [-0.4, -0.2) is 62.1 Å². The molecule has 2 fully saturated rings. The minimum absolute atomic E-state index is 0.0924. The summed E-state index contributed by atoms with van der Waals surface area (Å²) in [6.45, 7) is 6.29. The van der Waals surface area contributed by atoms with Crippen molar-refractivity contribution in [1.29, 1.82) is 0 Å². The number of rotatable bonds is 4. The topological polar surface area (TPSA) is 51.7 Å². The molecule has 27 heavy (non-hydrogen) atoms. The fourth-order valence-electron chi connectivity index (χ4n) is 3.70. The van der Waals surface area contributed by atoms with E-state index in [-0.39, 0.29) is 5.91 Å². The van der Waals surface area contributed by atoms with E-state index in [9.17, 15) is 4.79 Å². The van der Waals surface area contributed by atoms with Crippen molar-refractivity contribution < 1.29 is 4.79 Å². The molecular weight excluding hydrogens is 338 g/mol. The van der Waals surface area contributed by atoms with Crippen molar-refractivity contribution in [2.45, 2.75) is 12.8 Å². The summed E-state index contributed by atoms with van der Waals surface area (Å²) < 4.78 is 0. The van der Waals surface area contributed by atoms with Crippen molar-refractivity contribution in [2.75, 3.05) is 61.4 Å². The maximum Gasteiger partial charge on any atom is 0.255 e. The Kier molecular flexibility index (Phi) is 5.25. The highest BCUT2D eigenvalue weighted by Crippen LogP contribution is 2.21. The predicted octanol–water partition coefficient (Wildman–Crippen LogP) is 2.69.